The number of aryl methyl sites for hydroxylation is 3. The van der Waals surface area contributed by atoms with Crippen molar-refractivity contribution in [2.45, 2.75) is 20.8 Å². The Hall–Kier alpha value is -2.98. The van der Waals surface area contributed by atoms with Crippen molar-refractivity contribution < 1.29 is 14.2 Å². The molecule has 0 unspecified atom stereocenters. The van der Waals surface area contributed by atoms with Gasteiger partial charge in [-0.05, 0) is 55.7 Å². The van der Waals surface area contributed by atoms with Gasteiger partial charge in [0.05, 0.1) is 0 Å². The van der Waals surface area contributed by atoms with Crippen LogP contribution in [0, 0.1) is 20.8 Å². The molecule has 0 aliphatic rings. The number of rotatable bonds is 12. The van der Waals surface area contributed by atoms with Crippen molar-refractivity contribution in [2.24, 2.45) is 0 Å². The summed E-state index contributed by atoms with van der Waals surface area (Å²) >= 11 is 0. The summed E-state index contributed by atoms with van der Waals surface area (Å²) in [6.45, 7) is 10.5. The van der Waals surface area contributed by atoms with E-state index in [4.69, 9.17) is 14.2 Å². The van der Waals surface area contributed by atoms with E-state index in [1.54, 1.807) is 0 Å². The number of ether oxygens (including phenoxy) is 3. The van der Waals surface area contributed by atoms with Gasteiger partial charge in [0.15, 0.2) is 0 Å². The van der Waals surface area contributed by atoms with E-state index in [0.29, 0.717) is 19.8 Å². The van der Waals surface area contributed by atoms with Crippen LogP contribution in [-0.4, -0.2) is 44.4 Å². The third kappa shape index (κ3) is 7.34. The summed E-state index contributed by atoms with van der Waals surface area (Å²) in [6.07, 6.45) is 0. The van der Waals surface area contributed by atoms with Gasteiger partial charge in [-0.1, -0.05) is 54.6 Å². The Kier molecular flexibility index (Phi) is 8.80. The third-order valence-electron chi connectivity index (χ3n) is 5.28. The molecule has 0 saturated carbocycles. The predicted octanol–water partition coefficient (Wildman–Crippen LogP) is 5.45. The van der Waals surface area contributed by atoms with Crippen LogP contribution in [0.25, 0.3) is 0 Å². The Morgan fingerprint density at radius 1 is 0.484 bits per heavy atom. The predicted molar refractivity (Wildman–Crippen MR) is 126 cm³/mol. The Morgan fingerprint density at radius 3 is 1.06 bits per heavy atom. The first-order valence-electron chi connectivity index (χ1n) is 10.9. The number of hydrogen-bond acceptors (Lipinski definition) is 4. The Bertz CT molecular complexity index is 819. The fourth-order valence-electron chi connectivity index (χ4n) is 3.34. The molecule has 0 aliphatic carbocycles. The smallest absolute Gasteiger partial charge is 0.122 e. The molecule has 0 spiro atoms. The molecular weight excluding hydrogens is 386 g/mol. The lowest BCUT2D eigenvalue weighted by Gasteiger charge is -2.23. The van der Waals surface area contributed by atoms with E-state index in [1.165, 1.54) is 0 Å². The lowest BCUT2D eigenvalue weighted by atomic mass is 10.2. The topological polar surface area (TPSA) is 30.9 Å². The zero-order valence-electron chi connectivity index (χ0n) is 18.8. The molecule has 164 valence electrons. The molecule has 0 fully saturated rings. The molecule has 31 heavy (non-hydrogen) atoms. The molecule has 0 aromatic heterocycles. The molecular formula is C27H33NO3. The molecule has 4 heteroatoms. The molecule has 0 heterocycles. The van der Waals surface area contributed by atoms with Crippen molar-refractivity contribution >= 4 is 0 Å². The van der Waals surface area contributed by atoms with Gasteiger partial charge in [-0.2, -0.15) is 0 Å². The van der Waals surface area contributed by atoms with E-state index in [2.05, 4.69) is 43.9 Å². The fraction of sp³-hybridized carbons (Fsp3) is 0.333. The van der Waals surface area contributed by atoms with Crippen LogP contribution in [0.15, 0.2) is 72.8 Å². The molecule has 0 saturated heterocycles. The molecule has 0 N–H and O–H groups in total. The van der Waals surface area contributed by atoms with E-state index in [1.807, 2.05) is 54.6 Å². The average molecular weight is 420 g/mol. The van der Waals surface area contributed by atoms with Crippen molar-refractivity contribution in [3.63, 3.8) is 0 Å². The van der Waals surface area contributed by atoms with Gasteiger partial charge in [-0.15, -0.1) is 0 Å². The van der Waals surface area contributed by atoms with Crippen molar-refractivity contribution in [2.75, 3.05) is 39.5 Å². The van der Waals surface area contributed by atoms with Gasteiger partial charge >= 0.3 is 0 Å². The van der Waals surface area contributed by atoms with E-state index < -0.39 is 0 Å². The van der Waals surface area contributed by atoms with Crippen LogP contribution < -0.4 is 14.2 Å². The molecule has 4 nitrogen and oxygen atoms in total. The molecule has 3 aromatic carbocycles. The first kappa shape index (κ1) is 22.7. The minimum atomic E-state index is 0.625. The lowest BCUT2D eigenvalue weighted by molar-refractivity contribution is 0.153. The van der Waals surface area contributed by atoms with Gasteiger partial charge in [0.1, 0.15) is 37.1 Å². The summed E-state index contributed by atoms with van der Waals surface area (Å²) < 4.78 is 18.0. The Morgan fingerprint density at radius 2 is 0.774 bits per heavy atom. The third-order valence-corrected chi connectivity index (χ3v) is 5.28. The monoisotopic (exact) mass is 419 g/mol. The van der Waals surface area contributed by atoms with Gasteiger partial charge in [-0.3, -0.25) is 4.90 Å². The second-order valence-electron chi connectivity index (χ2n) is 7.68. The van der Waals surface area contributed by atoms with Crippen LogP contribution in [-0.2, 0) is 0 Å². The summed E-state index contributed by atoms with van der Waals surface area (Å²) in [5.74, 6) is 2.82. The molecule has 3 rings (SSSR count). The van der Waals surface area contributed by atoms with Crippen LogP contribution in [0.4, 0.5) is 0 Å². The summed E-state index contributed by atoms with van der Waals surface area (Å²) in [6, 6.07) is 24.4. The SMILES string of the molecule is Cc1ccccc1OCCN(CCOc1ccccc1C)CCOc1ccccc1C. The van der Waals surface area contributed by atoms with Crippen molar-refractivity contribution in [3.05, 3.63) is 89.5 Å². The fourth-order valence-corrected chi connectivity index (χ4v) is 3.34. The van der Waals surface area contributed by atoms with Crippen LogP contribution in [0.3, 0.4) is 0 Å². The largest absolute Gasteiger partial charge is 0.492 e. The maximum atomic E-state index is 6.01. The molecule has 3 aromatic rings. The van der Waals surface area contributed by atoms with Crippen molar-refractivity contribution in [1.29, 1.82) is 0 Å². The van der Waals surface area contributed by atoms with E-state index in [-0.39, 0.29) is 0 Å². The van der Waals surface area contributed by atoms with Crippen LogP contribution in [0.1, 0.15) is 16.7 Å². The van der Waals surface area contributed by atoms with Crippen LogP contribution in [0.2, 0.25) is 0 Å². The molecule has 0 amide bonds. The van der Waals surface area contributed by atoms with Gasteiger partial charge in [0, 0.05) is 19.6 Å². The maximum Gasteiger partial charge on any atom is 0.122 e. The Balaban J connectivity index is 1.51. The number of nitrogens with zero attached hydrogens (tertiary/aromatic N) is 1. The summed E-state index contributed by atoms with van der Waals surface area (Å²) in [7, 11) is 0. The quantitative estimate of drug-likeness (QED) is 0.391. The standard InChI is InChI=1S/C27H33NO3/c1-22-10-4-7-13-25(22)29-19-16-28(17-20-30-26-14-8-5-11-23(26)2)18-21-31-27-15-9-6-12-24(27)3/h4-15H,16-21H2,1-3H3. The van der Waals surface area contributed by atoms with Gasteiger partial charge in [-0.25, -0.2) is 0 Å². The van der Waals surface area contributed by atoms with Gasteiger partial charge in [0.25, 0.3) is 0 Å². The highest BCUT2D eigenvalue weighted by Gasteiger charge is 2.09. The van der Waals surface area contributed by atoms with E-state index >= 15 is 0 Å². The first-order chi connectivity index (χ1) is 15.1. The zero-order chi connectivity index (χ0) is 21.9. The normalized spacial score (nSPS) is 10.8. The first-order valence-corrected chi connectivity index (χ1v) is 10.9. The minimum absolute atomic E-state index is 0.625. The second kappa shape index (κ2) is 12.0. The zero-order valence-corrected chi connectivity index (χ0v) is 18.8. The summed E-state index contributed by atoms with van der Waals surface area (Å²) in [4.78, 5) is 2.33. The van der Waals surface area contributed by atoms with E-state index in [9.17, 15) is 0 Å². The highest BCUT2D eigenvalue weighted by molar-refractivity contribution is 5.33. The summed E-state index contributed by atoms with van der Waals surface area (Å²) in [5, 5.41) is 0. The van der Waals surface area contributed by atoms with Crippen LogP contribution in [0.5, 0.6) is 17.2 Å². The highest BCUT2D eigenvalue weighted by atomic mass is 16.5. The van der Waals surface area contributed by atoms with Crippen LogP contribution >= 0.6 is 0 Å². The molecule has 0 atom stereocenters. The number of hydrogen-bond donors (Lipinski definition) is 0. The maximum absolute atomic E-state index is 6.01. The number of benzene rings is 3. The van der Waals surface area contributed by atoms with Gasteiger partial charge in [0.2, 0.25) is 0 Å². The van der Waals surface area contributed by atoms with E-state index in [0.717, 1.165) is 53.6 Å². The summed E-state index contributed by atoms with van der Waals surface area (Å²) in [5.41, 5.74) is 3.46. The molecule has 0 radical (unpaired) electrons. The Labute approximate surface area is 186 Å². The molecule has 0 aliphatic heterocycles. The number of para-hydroxylation sites is 3. The lowest BCUT2D eigenvalue weighted by Crippen LogP contribution is -2.35. The highest BCUT2D eigenvalue weighted by Crippen LogP contribution is 2.18. The van der Waals surface area contributed by atoms with Gasteiger partial charge < -0.3 is 14.2 Å². The molecule has 0 bridgehead atoms. The average Bonchev–Trinajstić information content (AvgIpc) is 2.77. The minimum Gasteiger partial charge on any atom is -0.492 e. The second-order valence-corrected chi connectivity index (χ2v) is 7.68. The van der Waals surface area contributed by atoms with Crippen molar-refractivity contribution in [1.82, 2.24) is 4.90 Å². The van der Waals surface area contributed by atoms with Crippen molar-refractivity contribution in [3.8, 4) is 17.2 Å².